The van der Waals surface area contributed by atoms with Crippen LogP contribution < -0.4 is 4.90 Å². The van der Waals surface area contributed by atoms with Gasteiger partial charge in [0.15, 0.2) is 0 Å². The molecule has 1 aromatic carbocycles. The van der Waals surface area contributed by atoms with Gasteiger partial charge in [0.25, 0.3) is 11.7 Å². The molecule has 0 unspecified atom stereocenters. The number of Topliss-reactive ketones (excluding diaryl/α,β-unsaturated/α-hetero) is 1. The van der Waals surface area contributed by atoms with Crippen molar-refractivity contribution in [3.05, 3.63) is 39.1 Å². The third kappa shape index (κ3) is 2.11. The molecule has 1 aliphatic heterocycles. The number of amides is 1. The van der Waals surface area contributed by atoms with E-state index < -0.39 is 17.5 Å². The smallest absolute Gasteiger partial charge is 0.299 e. The molecule has 7 heteroatoms. The number of hydrogen-bond donors (Lipinski definition) is 0. The van der Waals surface area contributed by atoms with Gasteiger partial charge in [-0.15, -0.1) is 0 Å². The van der Waals surface area contributed by atoms with Gasteiger partial charge in [-0.3, -0.25) is 14.5 Å². The molecule has 0 N–H and O–H groups in total. The molecule has 0 aromatic heterocycles. The van der Waals surface area contributed by atoms with Crippen molar-refractivity contribution in [2.45, 2.75) is 0 Å². The van der Waals surface area contributed by atoms with Crippen molar-refractivity contribution in [2.75, 3.05) is 11.4 Å². The van der Waals surface area contributed by atoms with Gasteiger partial charge < -0.3 is 0 Å². The summed E-state index contributed by atoms with van der Waals surface area (Å²) < 4.78 is 13.4. The number of fused-ring (bicyclic) bond motifs is 1. The maximum atomic E-state index is 13.4. The van der Waals surface area contributed by atoms with Crippen LogP contribution in [0.1, 0.15) is 10.4 Å². The highest BCUT2D eigenvalue weighted by atomic mass is 35.5. The topological polar surface area (TPSA) is 37.4 Å². The van der Waals surface area contributed by atoms with E-state index in [9.17, 15) is 14.0 Å². The lowest BCUT2D eigenvalue weighted by Gasteiger charge is -2.15. The van der Waals surface area contributed by atoms with E-state index in [-0.39, 0.29) is 27.9 Å². The number of hydrogen-bond acceptors (Lipinski definition) is 2. The lowest BCUT2D eigenvalue weighted by atomic mass is 10.1. The van der Waals surface area contributed by atoms with Crippen molar-refractivity contribution in [1.29, 1.82) is 0 Å². The summed E-state index contributed by atoms with van der Waals surface area (Å²) >= 11 is 16.7. The summed E-state index contributed by atoms with van der Waals surface area (Å²) in [4.78, 5) is 24.4. The molecular formula is C11H5Cl3FNO2. The molecule has 0 saturated carbocycles. The Kier molecular flexibility index (Phi) is 3.61. The number of ketones is 1. The van der Waals surface area contributed by atoms with Gasteiger partial charge in [0.1, 0.15) is 5.82 Å². The third-order valence-electron chi connectivity index (χ3n) is 2.44. The second-order valence-corrected chi connectivity index (χ2v) is 4.67. The largest absolute Gasteiger partial charge is 0.299 e. The van der Waals surface area contributed by atoms with Crippen LogP contribution in [0.2, 0.25) is 5.02 Å². The first kappa shape index (κ1) is 13.3. The fourth-order valence-electron chi connectivity index (χ4n) is 1.63. The van der Waals surface area contributed by atoms with Crippen LogP contribution in [0.4, 0.5) is 10.1 Å². The molecule has 0 saturated heterocycles. The van der Waals surface area contributed by atoms with Gasteiger partial charge in [0, 0.05) is 10.6 Å². The van der Waals surface area contributed by atoms with Crippen molar-refractivity contribution < 1.29 is 14.0 Å². The van der Waals surface area contributed by atoms with Gasteiger partial charge in [0.2, 0.25) is 0 Å². The molecule has 0 spiro atoms. The predicted octanol–water partition coefficient (Wildman–Crippen LogP) is 3.33. The number of nitrogens with zero attached hydrogens (tertiary/aromatic N) is 1. The Hall–Kier alpha value is -1.10. The zero-order valence-corrected chi connectivity index (χ0v) is 11.0. The van der Waals surface area contributed by atoms with Crippen molar-refractivity contribution in [1.82, 2.24) is 0 Å². The third-order valence-corrected chi connectivity index (χ3v) is 3.33. The molecule has 0 atom stereocenters. The average Bonchev–Trinajstić information content (AvgIpc) is 2.56. The molecule has 1 heterocycles. The summed E-state index contributed by atoms with van der Waals surface area (Å²) in [6.45, 7) is -0.0936. The first-order valence-electron chi connectivity index (χ1n) is 4.75. The van der Waals surface area contributed by atoms with E-state index in [1.807, 2.05) is 0 Å². The van der Waals surface area contributed by atoms with Gasteiger partial charge in [-0.25, -0.2) is 4.39 Å². The van der Waals surface area contributed by atoms with Gasteiger partial charge >= 0.3 is 0 Å². The summed E-state index contributed by atoms with van der Waals surface area (Å²) in [5.41, 5.74) is 1.28. The van der Waals surface area contributed by atoms with Crippen LogP contribution in [0.3, 0.4) is 0 Å². The standard InChI is InChI=1S/C11H5Cl3FNO2/c12-3-5(13)4-16-9-2-8(15)7(14)1-6(9)10(17)11(16)18/h1-3H,4H2. The Labute approximate surface area is 117 Å². The van der Waals surface area contributed by atoms with E-state index in [0.29, 0.717) is 0 Å². The molecule has 0 aliphatic carbocycles. The minimum atomic E-state index is -0.789. The van der Waals surface area contributed by atoms with Crippen LogP contribution in [0, 0.1) is 5.82 Å². The van der Waals surface area contributed by atoms with Gasteiger partial charge in [-0.1, -0.05) is 34.8 Å². The highest BCUT2D eigenvalue weighted by Crippen LogP contribution is 2.33. The molecular weight excluding hydrogens is 303 g/mol. The fraction of sp³-hybridized carbons (Fsp3) is 0.0909. The maximum absolute atomic E-state index is 13.4. The first-order valence-corrected chi connectivity index (χ1v) is 5.95. The summed E-state index contributed by atoms with van der Waals surface area (Å²) in [6.07, 6.45) is 0. The summed E-state index contributed by atoms with van der Waals surface area (Å²) in [5, 5.41) is -0.0586. The van der Waals surface area contributed by atoms with Gasteiger partial charge in [-0.2, -0.15) is 0 Å². The fourth-order valence-corrected chi connectivity index (χ4v) is 1.98. The molecule has 1 amide bonds. The van der Waals surface area contributed by atoms with Crippen LogP contribution >= 0.6 is 34.8 Å². The molecule has 94 valence electrons. The Bertz CT molecular complexity index is 586. The van der Waals surface area contributed by atoms with Crippen LogP contribution in [-0.2, 0) is 4.79 Å². The van der Waals surface area contributed by atoms with E-state index in [1.54, 1.807) is 0 Å². The minimum absolute atomic E-state index is 0.0606. The van der Waals surface area contributed by atoms with Crippen molar-refractivity contribution in [2.24, 2.45) is 0 Å². The quantitative estimate of drug-likeness (QED) is 0.786. The van der Waals surface area contributed by atoms with E-state index in [0.717, 1.165) is 22.6 Å². The summed E-state index contributed by atoms with van der Waals surface area (Å²) in [6, 6.07) is 2.16. The number of rotatable bonds is 2. The van der Waals surface area contributed by atoms with Crippen LogP contribution in [-0.4, -0.2) is 18.2 Å². The molecule has 0 fully saturated rings. The Morgan fingerprint density at radius 2 is 2.06 bits per heavy atom. The molecule has 18 heavy (non-hydrogen) atoms. The van der Waals surface area contributed by atoms with E-state index in [2.05, 4.69) is 0 Å². The Morgan fingerprint density at radius 3 is 2.67 bits per heavy atom. The Morgan fingerprint density at radius 1 is 1.39 bits per heavy atom. The zero-order valence-electron chi connectivity index (χ0n) is 8.71. The van der Waals surface area contributed by atoms with E-state index >= 15 is 0 Å². The molecule has 3 nitrogen and oxygen atoms in total. The number of benzene rings is 1. The molecule has 0 radical (unpaired) electrons. The molecule has 1 aliphatic rings. The lowest BCUT2D eigenvalue weighted by molar-refractivity contribution is -0.114. The van der Waals surface area contributed by atoms with Crippen LogP contribution in [0.25, 0.3) is 0 Å². The van der Waals surface area contributed by atoms with Crippen LogP contribution in [0.5, 0.6) is 0 Å². The maximum Gasteiger partial charge on any atom is 0.299 e. The van der Waals surface area contributed by atoms with Crippen molar-refractivity contribution in [3.8, 4) is 0 Å². The number of carbonyl (C=O) groups is 2. The highest BCUT2D eigenvalue weighted by molar-refractivity contribution is 6.53. The Balaban J connectivity index is 2.51. The van der Waals surface area contributed by atoms with E-state index in [1.165, 1.54) is 0 Å². The second-order valence-electron chi connectivity index (χ2n) is 3.56. The van der Waals surface area contributed by atoms with Crippen LogP contribution in [0.15, 0.2) is 22.7 Å². The number of carbonyl (C=O) groups excluding carboxylic acids is 2. The number of halogens is 4. The predicted molar refractivity (Wildman–Crippen MR) is 67.9 cm³/mol. The van der Waals surface area contributed by atoms with Gasteiger partial charge in [0.05, 0.1) is 22.8 Å². The second kappa shape index (κ2) is 4.88. The zero-order chi connectivity index (χ0) is 13.4. The summed E-state index contributed by atoms with van der Waals surface area (Å²) in [5.74, 6) is -2.25. The minimum Gasteiger partial charge on any atom is -0.299 e. The molecule has 1 aromatic rings. The van der Waals surface area contributed by atoms with Gasteiger partial charge in [-0.05, 0) is 12.1 Å². The monoisotopic (exact) mass is 307 g/mol. The first-order chi connectivity index (χ1) is 8.45. The number of anilines is 1. The molecule has 2 rings (SSSR count). The van der Waals surface area contributed by atoms with E-state index in [4.69, 9.17) is 34.8 Å². The SMILES string of the molecule is O=C1C(=O)N(CC(Cl)=CCl)c2cc(F)c(Cl)cc21. The molecule has 0 bridgehead atoms. The lowest BCUT2D eigenvalue weighted by Crippen LogP contribution is -2.30. The highest BCUT2D eigenvalue weighted by Gasteiger charge is 2.36. The normalized spacial score (nSPS) is 15.3. The summed E-state index contributed by atoms with van der Waals surface area (Å²) in [7, 11) is 0. The van der Waals surface area contributed by atoms with Crippen molar-refractivity contribution >= 4 is 52.2 Å². The van der Waals surface area contributed by atoms with Crippen molar-refractivity contribution in [3.63, 3.8) is 0 Å². The average molecular weight is 309 g/mol.